The van der Waals surface area contributed by atoms with Gasteiger partial charge in [-0.2, -0.15) is 0 Å². The van der Waals surface area contributed by atoms with Crippen LogP contribution in [0.3, 0.4) is 0 Å². The van der Waals surface area contributed by atoms with Crippen LogP contribution in [0, 0.1) is 0 Å². The largest absolute Gasteiger partial charge is 0.375 e. The van der Waals surface area contributed by atoms with Crippen molar-refractivity contribution in [2.75, 3.05) is 24.6 Å². The van der Waals surface area contributed by atoms with Crippen LogP contribution in [0.5, 0.6) is 0 Å². The third kappa shape index (κ3) is 2.81. The van der Waals surface area contributed by atoms with Crippen LogP contribution in [-0.4, -0.2) is 25.8 Å². The number of morpholine rings is 1. The van der Waals surface area contributed by atoms with Crippen LogP contribution in [0.4, 0.5) is 5.69 Å². The van der Waals surface area contributed by atoms with E-state index in [0.29, 0.717) is 12.6 Å². The van der Waals surface area contributed by atoms with Gasteiger partial charge in [-0.15, -0.1) is 0 Å². The molecule has 0 aromatic heterocycles. The summed E-state index contributed by atoms with van der Waals surface area (Å²) in [6.07, 6.45) is 1.40. The van der Waals surface area contributed by atoms with Crippen LogP contribution in [0.15, 0.2) is 22.7 Å². The lowest BCUT2D eigenvalue weighted by atomic mass is 10.1. The van der Waals surface area contributed by atoms with E-state index in [2.05, 4.69) is 39.9 Å². The number of rotatable bonds is 3. The zero-order chi connectivity index (χ0) is 12.3. The van der Waals surface area contributed by atoms with Crippen LogP contribution in [0.2, 0.25) is 0 Å². The molecule has 94 valence electrons. The predicted molar refractivity (Wildman–Crippen MR) is 74.3 cm³/mol. The van der Waals surface area contributed by atoms with Crippen LogP contribution in [0.1, 0.15) is 18.9 Å². The van der Waals surface area contributed by atoms with Crippen molar-refractivity contribution in [3.63, 3.8) is 0 Å². The summed E-state index contributed by atoms with van der Waals surface area (Å²) in [5.74, 6) is 0. The Morgan fingerprint density at radius 3 is 3.06 bits per heavy atom. The number of anilines is 1. The van der Waals surface area contributed by atoms with Crippen molar-refractivity contribution in [1.29, 1.82) is 0 Å². The molecule has 1 aromatic carbocycles. The Labute approximate surface area is 111 Å². The van der Waals surface area contributed by atoms with E-state index in [1.54, 1.807) is 0 Å². The van der Waals surface area contributed by atoms with E-state index >= 15 is 0 Å². The van der Waals surface area contributed by atoms with Crippen LogP contribution in [0.25, 0.3) is 0 Å². The number of hydrogen-bond donors (Lipinski definition) is 1. The Morgan fingerprint density at radius 2 is 2.35 bits per heavy atom. The van der Waals surface area contributed by atoms with Crippen molar-refractivity contribution in [2.45, 2.75) is 26.0 Å². The minimum absolute atomic E-state index is 0.341. The van der Waals surface area contributed by atoms with Crippen LogP contribution in [-0.2, 0) is 11.3 Å². The normalized spacial score (nSPS) is 20.6. The highest BCUT2D eigenvalue weighted by Crippen LogP contribution is 2.28. The number of hydrogen-bond acceptors (Lipinski definition) is 3. The Hall–Kier alpha value is -0.580. The van der Waals surface area contributed by atoms with Gasteiger partial charge in [0.1, 0.15) is 0 Å². The number of ether oxygens (including phenoxy) is 1. The minimum atomic E-state index is 0.341. The molecule has 1 saturated heterocycles. The Morgan fingerprint density at radius 1 is 1.53 bits per heavy atom. The zero-order valence-corrected chi connectivity index (χ0v) is 11.7. The van der Waals surface area contributed by atoms with Gasteiger partial charge in [0.25, 0.3) is 0 Å². The van der Waals surface area contributed by atoms with E-state index in [0.717, 1.165) is 30.6 Å². The average Bonchev–Trinajstić information content (AvgIpc) is 2.38. The van der Waals surface area contributed by atoms with Crippen molar-refractivity contribution in [3.05, 3.63) is 28.2 Å². The van der Waals surface area contributed by atoms with Gasteiger partial charge >= 0.3 is 0 Å². The van der Waals surface area contributed by atoms with Gasteiger partial charge < -0.3 is 15.4 Å². The molecule has 1 aliphatic rings. The highest BCUT2D eigenvalue weighted by atomic mass is 79.9. The second-order valence-electron chi connectivity index (χ2n) is 4.29. The molecule has 1 fully saturated rings. The maximum atomic E-state index is 5.84. The Bertz CT molecular complexity index is 384. The first-order valence-electron chi connectivity index (χ1n) is 6.10. The summed E-state index contributed by atoms with van der Waals surface area (Å²) in [4.78, 5) is 2.38. The molecule has 2 N–H and O–H groups in total. The maximum absolute atomic E-state index is 5.84. The van der Waals surface area contributed by atoms with Gasteiger partial charge in [0.15, 0.2) is 0 Å². The van der Waals surface area contributed by atoms with Crippen LogP contribution < -0.4 is 10.6 Å². The molecule has 4 heteroatoms. The topological polar surface area (TPSA) is 38.5 Å². The fourth-order valence-corrected chi connectivity index (χ4v) is 2.75. The fraction of sp³-hybridized carbons (Fsp3) is 0.538. The molecule has 0 radical (unpaired) electrons. The number of nitrogens with zero attached hydrogens (tertiary/aromatic N) is 1. The molecular formula is C13H19BrN2O. The standard InChI is InChI=1S/C13H19BrN2O/c1-2-10-9-16(6-7-17-10)13-5-3-4-12(14)11(13)8-15/h3-5,10H,2,6-9,15H2,1H3. The molecule has 0 saturated carbocycles. The summed E-state index contributed by atoms with van der Waals surface area (Å²) in [6.45, 7) is 5.43. The molecule has 1 unspecified atom stereocenters. The Balaban J connectivity index is 2.24. The molecule has 1 aromatic rings. The smallest absolute Gasteiger partial charge is 0.0748 e. The molecule has 0 bridgehead atoms. The highest BCUT2D eigenvalue weighted by molar-refractivity contribution is 9.10. The number of nitrogens with two attached hydrogens (primary N) is 1. The van der Waals surface area contributed by atoms with E-state index in [1.165, 1.54) is 11.3 Å². The van der Waals surface area contributed by atoms with Gasteiger partial charge in [0, 0.05) is 35.4 Å². The summed E-state index contributed by atoms with van der Waals surface area (Å²) in [6, 6.07) is 6.25. The monoisotopic (exact) mass is 298 g/mol. The predicted octanol–water partition coefficient (Wildman–Crippen LogP) is 2.52. The first-order valence-corrected chi connectivity index (χ1v) is 6.89. The third-order valence-corrected chi connectivity index (χ3v) is 3.98. The molecule has 1 atom stereocenters. The summed E-state index contributed by atoms with van der Waals surface area (Å²) in [5, 5.41) is 0. The maximum Gasteiger partial charge on any atom is 0.0748 e. The summed E-state index contributed by atoms with van der Waals surface area (Å²) >= 11 is 3.57. The molecule has 1 aliphatic heterocycles. The van der Waals surface area contributed by atoms with Crippen LogP contribution >= 0.6 is 15.9 Å². The van der Waals surface area contributed by atoms with Crippen molar-refractivity contribution >= 4 is 21.6 Å². The summed E-state index contributed by atoms with van der Waals surface area (Å²) < 4.78 is 6.79. The Kier molecular flexibility index (Phi) is 4.42. The average molecular weight is 299 g/mol. The SMILES string of the molecule is CCC1CN(c2cccc(Br)c2CN)CCO1. The van der Waals surface area contributed by atoms with Gasteiger partial charge in [-0.05, 0) is 18.6 Å². The second kappa shape index (κ2) is 5.85. The van der Waals surface area contributed by atoms with E-state index in [4.69, 9.17) is 10.5 Å². The summed E-state index contributed by atoms with van der Waals surface area (Å²) in [7, 11) is 0. The van der Waals surface area contributed by atoms with E-state index in [-0.39, 0.29) is 0 Å². The molecule has 2 rings (SSSR count). The van der Waals surface area contributed by atoms with Crippen molar-refractivity contribution in [3.8, 4) is 0 Å². The molecule has 17 heavy (non-hydrogen) atoms. The van der Waals surface area contributed by atoms with Gasteiger partial charge in [0.05, 0.1) is 12.7 Å². The van der Waals surface area contributed by atoms with Crippen molar-refractivity contribution in [2.24, 2.45) is 5.73 Å². The van der Waals surface area contributed by atoms with Gasteiger partial charge in [-0.25, -0.2) is 0 Å². The molecular weight excluding hydrogens is 280 g/mol. The van der Waals surface area contributed by atoms with Crippen molar-refractivity contribution in [1.82, 2.24) is 0 Å². The fourth-order valence-electron chi connectivity index (χ4n) is 2.23. The zero-order valence-electron chi connectivity index (χ0n) is 10.2. The van der Waals surface area contributed by atoms with Gasteiger partial charge in [-0.3, -0.25) is 0 Å². The van der Waals surface area contributed by atoms with E-state index in [1.807, 2.05) is 6.07 Å². The quantitative estimate of drug-likeness (QED) is 0.932. The lowest BCUT2D eigenvalue weighted by Gasteiger charge is -2.35. The first-order chi connectivity index (χ1) is 8.26. The molecule has 0 aliphatic carbocycles. The lowest BCUT2D eigenvalue weighted by molar-refractivity contribution is 0.0384. The van der Waals surface area contributed by atoms with Gasteiger partial charge in [-0.1, -0.05) is 28.9 Å². The third-order valence-electron chi connectivity index (χ3n) is 3.23. The lowest BCUT2D eigenvalue weighted by Crippen LogP contribution is -2.42. The number of halogens is 1. The van der Waals surface area contributed by atoms with E-state index in [9.17, 15) is 0 Å². The summed E-state index contributed by atoms with van der Waals surface area (Å²) in [5.41, 5.74) is 8.26. The van der Waals surface area contributed by atoms with Gasteiger partial charge in [0.2, 0.25) is 0 Å². The molecule has 3 nitrogen and oxygen atoms in total. The number of benzene rings is 1. The second-order valence-corrected chi connectivity index (χ2v) is 5.14. The molecule has 0 spiro atoms. The molecule has 0 amide bonds. The van der Waals surface area contributed by atoms with E-state index < -0.39 is 0 Å². The van der Waals surface area contributed by atoms with Crippen molar-refractivity contribution < 1.29 is 4.74 Å². The highest BCUT2D eigenvalue weighted by Gasteiger charge is 2.21. The minimum Gasteiger partial charge on any atom is -0.375 e. The first kappa shape index (κ1) is 12.9. The molecule has 1 heterocycles.